The van der Waals surface area contributed by atoms with Crippen molar-refractivity contribution >= 4 is 30.5 Å². The predicted octanol–water partition coefficient (Wildman–Crippen LogP) is 3.41. The van der Waals surface area contributed by atoms with Crippen LogP contribution in [0, 0.1) is 0 Å². The summed E-state index contributed by atoms with van der Waals surface area (Å²) in [5.74, 6) is -0.971. The zero-order valence-electron chi connectivity index (χ0n) is 19.8. The smallest absolute Gasteiger partial charge is 0.408 e. The lowest BCUT2D eigenvalue weighted by molar-refractivity contribution is -0.142. The molecule has 1 rings (SSSR count). The molecule has 32 heavy (non-hydrogen) atoms. The van der Waals surface area contributed by atoms with E-state index in [1.807, 2.05) is 20.8 Å². The van der Waals surface area contributed by atoms with Crippen molar-refractivity contribution < 1.29 is 24.2 Å². The Morgan fingerprint density at radius 3 is 2.28 bits per heavy atom. The maximum atomic E-state index is 13.5. The molecule has 8 nitrogen and oxygen atoms in total. The van der Waals surface area contributed by atoms with Crippen LogP contribution in [0.2, 0.25) is 0 Å². The van der Waals surface area contributed by atoms with E-state index in [0.717, 1.165) is 6.42 Å². The van der Waals surface area contributed by atoms with Gasteiger partial charge in [0.1, 0.15) is 23.4 Å². The summed E-state index contributed by atoms with van der Waals surface area (Å²) in [5.41, 5.74) is -0.420. The average Bonchev–Trinajstić information content (AvgIpc) is 2.67. The van der Waals surface area contributed by atoms with Crippen molar-refractivity contribution in [3.8, 4) is 5.75 Å². The number of hydrogen-bond donors (Lipinski definition) is 4. The molecule has 3 amide bonds. The largest absolute Gasteiger partial charge is 0.508 e. The molecule has 0 fully saturated rings. The Labute approximate surface area is 196 Å². The number of thiol groups is 1. The van der Waals surface area contributed by atoms with Crippen molar-refractivity contribution in [3.05, 3.63) is 29.8 Å². The lowest BCUT2D eigenvalue weighted by atomic mass is 10.0. The minimum Gasteiger partial charge on any atom is -0.508 e. The standard InChI is InChI=1S/C23H37N3O5S/c1-7-8-13-26(21(29)17(14-32)25-22(30)31-23(4,5)6)19(20(28)24-15(2)3)16-11-9-10-12-18(16)27/h9-12,15,17,19,27,32H,7-8,13-14H2,1-6H3,(H,24,28)(H,25,30). The molecule has 9 heteroatoms. The third-order valence-electron chi connectivity index (χ3n) is 4.43. The molecule has 0 saturated heterocycles. The molecule has 0 bridgehead atoms. The highest BCUT2D eigenvalue weighted by atomic mass is 32.1. The van der Waals surface area contributed by atoms with E-state index in [-0.39, 0.29) is 24.1 Å². The van der Waals surface area contributed by atoms with Gasteiger partial charge in [0.25, 0.3) is 0 Å². The SMILES string of the molecule is CCCCN(C(=O)C(CS)NC(=O)OC(C)(C)C)C(C(=O)NC(C)C)c1ccccc1O. The Kier molecular flexibility index (Phi) is 10.9. The molecule has 2 atom stereocenters. The van der Waals surface area contributed by atoms with E-state index in [1.165, 1.54) is 11.0 Å². The first-order chi connectivity index (χ1) is 14.9. The minimum absolute atomic E-state index is 0.0139. The Balaban J connectivity index is 3.36. The molecule has 0 aliphatic carbocycles. The first kappa shape index (κ1) is 27.6. The van der Waals surface area contributed by atoms with E-state index in [9.17, 15) is 19.5 Å². The number of phenols is 1. The van der Waals surface area contributed by atoms with E-state index >= 15 is 0 Å². The van der Waals surface area contributed by atoms with Crippen molar-refractivity contribution in [1.29, 1.82) is 0 Å². The predicted molar refractivity (Wildman–Crippen MR) is 128 cm³/mol. The number of alkyl carbamates (subject to hydrolysis) is 1. The van der Waals surface area contributed by atoms with Crippen LogP contribution in [-0.4, -0.2) is 57.9 Å². The van der Waals surface area contributed by atoms with Gasteiger partial charge in [-0.15, -0.1) is 0 Å². The van der Waals surface area contributed by atoms with Crippen LogP contribution in [0.15, 0.2) is 24.3 Å². The van der Waals surface area contributed by atoms with Gasteiger partial charge in [-0.05, 0) is 47.1 Å². The molecule has 0 saturated carbocycles. The van der Waals surface area contributed by atoms with Gasteiger partial charge in [0, 0.05) is 23.9 Å². The number of nitrogens with one attached hydrogen (secondary N) is 2. The quantitative estimate of drug-likeness (QED) is 0.395. The summed E-state index contributed by atoms with van der Waals surface area (Å²) in [5, 5.41) is 15.9. The molecule has 0 heterocycles. The lowest BCUT2D eigenvalue weighted by Crippen LogP contribution is -2.54. The summed E-state index contributed by atoms with van der Waals surface area (Å²) in [4.78, 5) is 40.4. The van der Waals surface area contributed by atoms with Gasteiger partial charge in [-0.1, -0.05) is 31.5 Å². The van der Waals surface area contributed by atoms with Crippen LogP contribution in [0.25, 0.3) is 0 Å². The summed E-state index contributed by atoms with van der Waals surface area (Å²) in [6.45, 7) is 11.0. The Hall–Kier alpha value is -2.42. The molecule has 3 N–H and O–H groups in total. The van der Waals surface area contributed by atoms with Crippen LogP contribution in [-0.2, 0) is 14.3 Å². The number of unbranched alkanes of at least 4 members (excludes halogenated alkanes) is 1. The number of nitrogens with zero attached hydrogens (tertiary/aromatic N) is 1. The zero-order chi connectivity index (χ0) is 24.5. The number of aromatic hydroxyl groups is 1. The first-order valence-electron chi connectivity index (χ1n) is 10.9. The second-order valence-electron chi connectivity index (χ2n) is 8.89. The van der Waals surface area contributed by atoms with Crippen LogP contribution in [0.5, 0.6) is 5.75 Å². The normalized spacial score (nSPS) is 13.2. The van der Waals surface area contributed by atoms with Crippen molar-refractivity contribution in [1.82, 2.24) is 15.5 Å². The fourth-order valence-corrected chi connectivity index (χ4v) is 3.31. The lowest BCUT2D eigenvalue weighted by Gasteiger charge is -2.34. The monoisotopic (exact) mass is 467 g/mol. The Morgan fingerprint density at radius 2 is 1.78 bits per heavy atom. The molecule has 0 spiro atoms. The third-order valence-corrected chi connectivity index (χ3v) is 4.79. The van der Waals surface area contributed by atoms with Gasteiger partial charge < -0.3 is 25.4 Å². The number of hydrogen-bond acceptors (Lipinski definition) is 6. The third kappa shape index (κ3) is 8.61. The van der Waals surface area contributed by atoms with Crippen LogP contribution in [0.1, 0.15) is 66.0 Å². The van der Waals surface area contributed by atoms with Crippen molar-refractivity contribution in [2.45, 2.75) is 78.1 Å². The summed E-state index contributed by atoms with van der Waals surface area (Å²) >= 11 is 4.24. The van der Waals surface area contributed by atoms with E-state index in [4.69, 9.17) is 4.74 Å². The second-order valence-corrected chi connectivity index (χ2v) is 9.26. The van der Waals surface area contributed by atoms with Crippen molar-refractivity contribution in [3.63, 3.8) is 0 Å². The van der Waals surface area contributed by atoms with Gasteiger partial charge in [-0.2, -0.15) is 12.6 Å². The Bertz CT molecular complexity index is 779. The summed E-state index contributed by atoms with van der Waals surface area (Å²) in [6.07, 6.45) is 0.677. The number of ether oxygens (including phenoxy) is 1. The van der Waals surface area contributed by atoms with Crippen LogP contribution < -0.4 is 10.6 Å². The number of benzene rings is 1. The topological polar surface area (TPSA) is 108 Å². The number of amides is 3. The Morgan fingerprint density at radius 1 is 1.16 bits per heavy atom. The number of phenolic OH excluding ortho intramolecular Hbond substituents is 1. The highest BCUT2D eigenvalue weighted by Crippen LogP contribution is 2.30. The average molecular weight is 468 g/mol. The molecule has 1 aromatic carbocycles. The first-order valence-corrected chi connectivity index (χ1v) is 11.5. The fraction of sp³-hybridized carbons (Fsp3) is 0.609. The molecule has 0 radical (unpaired) electrons. The molecule has 0 aliphatic heterocycles. The zero-order valence-corrected chi connectivity index (χ0v) is 20.7. The van der Waals surface area contributed by atoms with Gasteiger partial charge in [-0.3, -0.25) is 9.59 Å². The van der Waals surface area contributed by atoms with E-state index < -0.39 is 35.6 Å². The number of carbonyl (C=O) groups excluding carboxylic acids is 3. The molecule has 0 aromatic heterocycles. The minimum atomic E-state index is -1.07. The van der Waals surface area contributed by atoms with Gasteiger partial charge >= 0.3 is 6.09 Å². The summed E-state index contributed by atoms with van der Waals surface area (Å²) in [7, 11) is 0. The van der Waals surface area contributed by atoms with Gasteiger partial charge in [-0.25, -0.2) is 4.79 Å². The van der Waals surface area contributed by atoms with Crippen molar-refractivity contribution in [2.24, 2.45) is 0 Å². The number of para-hydroxylation sites is 1. The van der Waals surface area contributed by atoms with Crippen LogP contribution in [0.3, 0.4) is 0 Å². The summed E-state index contributed by atoms with van der Waals surface area (Å²) < 4.78 is 5.27. The fourth-order valence-electron chi connectivity index (χ4n) is 3.06. The maximum Gasteiger partial charge on any atom is 0.408 e. The van der Waals surface area contributed by atoms with Gasteiger partial charge in [0.05, 0.1) is 0 Å². The molecule has 2 unspecified atom stereocenters. The molecular formula is C23H37N3O5S. The second kappa shape index (κ2) is 12.6. The molecule has 180 valence electrons. The summed E-state index contributed by atoms with van der Waals surface area (Å²) in [6, 6.07) is 4.19. The van der Waals surface area contributed by atoms with Gasteiger partial charge in [0.2, 0.25) is 11.8 Å². The van der Waals surface area contributed by atoms with Crippen LogP contribution >= 0.6 is 12.6 Å². The van der Waals surface area contributed by atoms with E-state index in [2.05, 4.69) is 23.3 Å². The highest BCUT2D eigenvalue weighted by Gasteiger charge is 2.36. The van der Waals surface area contributed by atoms with Gasteiger partial charge in [0.15, 0.2) is 0 Å². The van der Waals surface area contributed by atoms with Crippen LogP contribution in [0.4, 0.5) is 4.79 Å². The number of rotatable bonds is 10. The molecular weight excluding hydrogens is 430 g/mol. The van der Waals surface area contributed by atoms with Crippen molar-refractivity contribution in [2.75, 3.05) is 12.3 Å². The van der Waals surface area contributed by atoms with E-state index in [0.29, 0.717) is 12.0 Å². The molecule has 1 aromatic rings. The number of carbonyl (C=O) groups is 3. The highest BCUT2D eigenvalue weighted by molar-refractivity contribution is 7.80. The maximum absolute atomic E-state index is 13.5. The molecule has 0 aliphatic rings. The van der Waals surface area contributed by atoms with E-state index in [1.54, 1.807) is 39.0 Å².